The summed E-state index contributed by atoms with van der Waals surface area (Å²) in [5, 5.41) is 2.29. The van der Waals surface area contributed by atoms with Gasteiger partial charge in [0.15, 0.2) is 0 Å². The number of alkyl carbamates (subject to hydrolysis) is 1. The van der Waals surface area contributed by atoms with Crippen LogP contribution in [0, 0.1) is 0 Å². The van der Waals surface area contributed by atoms with E-state index in [1.54, 1.807) is 0 Å². The van der Waals surface area contributed by atoms with Gasteiger partial charge in [0.05, 0.1) is 7.11 Å². The van der Waals surface area contributed by atoms with Crippen LogP contribution < -0.4 is 5.32 Å². The molecule has 13 heavy (non-hydrogen) atoms. The zero-order valence-corrected chi connectivity index (χ0v) is 7.28. The number of ether oxygens (including phenoxy) is 1. The number of carbonyl (C=O) groups is 1. The molecule has 0 unspecified atom stereocenters. The third kappa shape index (κ3) is 8.97. The molecule has 1 amide bonds. The normalized spacial score (nSPS) is 11.1. The monoisotopic (exact) mass is 199 g/mol. The van der Waals surface area contributed by atoms with Gasteiger partial charge in [0.1, 0.15) is 0 Å². The first-order chi connectivity index (χ1) is 5.95. The summed E-state index contributed by atoms with van der Waals surface area (Å²) in [6.07, 6.45) is -5.21. The standard InChI is InChI=1S/C7H12F3NO2/c1-13-6(12)11-5-3-2-4-7(8,9)10/h2-5H2,1H3,(H,11,12). The Labute approximate surface area is 74.3 Å². The van der Waals surface area contributed by atoms with Gasteiger partial charge in [-0.25, -0.2) is 4.79 Å². The molecule has 6 heteroatoms. The number of halogens is 3. The molecule has 0 saturated heterocycles. The van der Waals surface area contributed by atoms with E-state index in [1.165, 1.54) is 7.11 Å². The third-order valence-electron chi connectivity index (χ3n) is 1.34. The lowest BCUT2D eigenvalue weighted by molar-refractivity contribution is -0.135. The molecule has 0 rings (SSSR count). The van der Waals surface area contributed by atoms with E-state index in [-0.39, 0.29) is 13.0 Å². The molecule has 0 aromatic heterocycles. The van der Waals surface area contributed by atoms with Crippen molar-refractivity contribution in [1.29, 1.82) is 0 Å². The second-order valence-corrected chi connectivity index (χ2v) is 2.49. The number of nitrogens with one attached hydrogen (secondary N) is 1. The van der Waals surface area contributed by atoms with Crippen molar-refractivity contribution in [3.05, 3.63) is 0 Å². The Hall–Kier alpha value is -0.940. The van der Waals surface area contributed by atoms with E-state index < -0.39 is 18.7 Å². The fraction of sp³-hybridized carbons (Fsp3) is 0.857. The molecular weight excluding hydrogens is 187 g/mol. The minimum atomic E-state index is -4.11. The Morgan fingerprint density at radius 1 is 1.38 bits per heavy atom. The van der Waals surface area contributed by atoms with Crippen molar-refractivity contribution in [3.8, 4) is 0 Å². The van der Waals surface area contributed by atoms with Crippen LogP contribution >= 0.6 is 0 Å². The zero-order chi connectivity index (χ0) is 10.3. The van der Waals surface area contributed by atoms with E-state index in [2.05, 4.69) is 10.1 Å². The molecule has 0 bridgehead atoms. The van der Waals surface area contributed by atoms with Crippen molar-refractivity contribution in [2.24, 2.45) is 0 Å². The topological polar surface area (TPSA) is 38.3 Å². The maximum absolute atomic E-state index is 11.6. The second kappa shape index (κ2) is 5.66. The van der Waals surface area contributed by atoms with Gasteiger partial charge >= 0.3 is 12.3 Å². The molecule has 0 spiro atoms. The summed E-state index contributed by atoms with van der Waals surface area (Å²) in [5.41, 5.74) is 0. The minimum absolute atomic E-state index is 0.0213. The summed E-state index contributed by atoms with van der Waals surface area (Å²) < 4.78 is 39.0. The first-order valence-electron chi connectivity index (χ1n) is 3.84. The Bertz CT molecular complexity index is 158. The molecule has 78 valence electrons. The third-order valence-corrected chi connectivity index (χ3v) is 1.34. The fourth-order valence-electron chi connectivity index (χ4n) is 0.713. The molecule has 0 heterocycles. The van der Waals surface area contributed by atoms with Gasteiger partial charge in [-0.3, -0.25) is 0 Å². The highest BCUT2D eigenvalue weighted by Crippen LogP contribution is 2.21. The fourth-order valence-corrected chi connectivity index (χ4v) is 0.713. The summed E-state index contributed by atoms with van der Waals surface area (Å²) in [6, 6.07) is 0. The van der Waals surface area contributed by atoms with Gasteiger partial charge in [-0.2, -0.15) is 13.2 Å². The molecule has 0 aliphatic rings. The molecule has 0 aliphatic carbocycles. The largest absolute Gasteiger partial charge is 0.453 e. The van der Waals surface area contributed by atoms with E-state index in [0.29, 0.717) is 6.42 Å². The van der Waals surface area contributed by atoms with Gasteiger partial charge in [0, 0.05) is 13.0 Å². The Kier molecular flexibility index (Phi) is 5.25. The first kappa shape index (κ1) is 12.1. The summed E-state index contributed by atoms with van der Waals surface area (Å²) >= 11 is 0. The Balaban J connectivity index is 3.22. The lowest BCUT2D eigenvalue weighted by Gasteiger charge is -2.06. The van der Waals surface area contributed by atoms with E-state index >= 15 is 0 Å². The molecule has 3 nitrogen and oxygen atoms in total. The van der Waals surface area contributed by atoms with Crippen LogP contribution in [0.3, 0.4) is 0 Å². The average molecular weight is 199 g/mol. The van der Waals surface area contributed by atoms with E-state index in [0.717, 1.165) is 0 Å². The summed E-state index contributed by atoms with van der Waals surface area (Å²) in [4.78, 5) is 10.4. The van der Waals surface area contributed by atoms with Crippen LogP contribution in [-0.2, 0) is 4.74 Å². The van der Waals surface area contributed by atoms with E-state index in [1.807, 2.05) is 0 Å². The maximum Gasteiger partial charge on any atom is 0.406 e. The summed E-state index contributed by atoms with van der Waals surface area (Å²) in [7, 11) is 1.20. The molecule has 0 aromatic carbocycles. The second-order valence-electron chi connectivity index (χ2n) is 2.49. The average Bonchev–Trinajstić information content (AvgIpc) is 2.01. The highest BCUT2D eigenvalue weighted by atomic mass is 19.4. The predicted molar refractivity (Wildman–Crippen MR) is 40.3 cm³/mol. The van der Waals surface area contributed by atoms with Crippen LogP contribution in [0.25, 0.3) is 0 Å². The van der Waals surface area contributed by atoms with Crippen molar-refractivity contribution in [2.75, 3.05) is 13.7 Å². The van der Waals surface area contributed by atoms with Crippen molar-refractivity contribution in [1.82, 2.24) is 5.32 Å². The van der Waals surface area contributed by atoms with Crippen LogP contribution in [-0.4, -0.2) is 25.9 Å². The smallest absolute Gasteiger partial charge is 0.406 e. The zero-order valence-electron chi connectivity index (χ0n) is 7.28. The van der Waals surface area contributed by atoms with Gasteiger partial charge < -0.3 is 10.1 Å². The van der Waals surface area contributed by atoms with Crippen LogP contribution in [0.15, 0.2) is 0 Å². The van der Waals surface area contributed by atoms with E-state index in [4.69, 9.17) is 0 Å². The number of hydrogen-bond acceptors (Lipinski definition) is 2. The molecule has 0 fully saturated rings. The molecule has 0 atom stereocenters. The first-order valence-corrected chi connectivity index (χ1v) is 3.84. The highest BCUT2D eigenvalue weighted by Gasteiger charge is 2.25. The number of hydrogen-bond donors (Lipinski definition) is 1. The number of rotatable bonds is 4. The quantitative estimate of drug-likeness (QED) is 0.704. The van der Waals surface area contributed by atoms with Crippen molar-refractivity contribution < 1.29 is 22.7 Å². The Morgan fingerprint density at radius 3 is 2.46 bits per heavy atom. The van der Waals surface area contributed by atoms with E-state index in [9.17, 15) is 18.0 Å². The van der Waals surface area contributed by atoms with Crippen LogP contribution in [0.4, 0.5) is 18.0 Å². The van der Waals surface area contributed by atoms with Crippen molar-refractivity contribution >= 4 is 6.09 Å². The molecule has 0 radical (unpaired) electrons. The van der Waals surface area contributed by atoms with Gasteiger partial charge in [-0.05, 0) is 12.8 Å². The SMILES string of the molecule is COC(=O)NCCCCC(F)(F)F. The van der Waals surface area contributed by atoms with Crippen molar-refractivity contribution in [3.63, 3.8) is 0 Å². The van der Waals surface area contributed by atoms with Crippen LogP contribution in [0.2, 0.25) is 0 Å². The number of carbonyl (C=O) groups excluding carboxylic acids is 1. The van der Waals surface area contributed by atoms with Gasteiger partial charge in [-0.1, -0.05) is 0 Å². The number of amides is 1. The van der Waals surface area contributed by atoms with Crippen LogP contribution in [0.5, 0.6) is 0 Å². The minimum Gasteiger partial charge on any atom is -0.453 e. The number of unbranched alkanes of at least 4 members (excludes halogenated alkanes) is 1. The highest BCUT2D eigenvalue weighted by molar-refractivity contribution is 5.66. The number of methoxy groups -OCH3 is 1. The lowest BCUT2D eigenvalue weighted by atomic mass is 10.2. The maximum atomic E-state index is 11.6. The van der Waals surface area contributed by atoms with Gasteiger partial charge in [-0.15, -0.1) is 0 Å². The van der Waals surface area contributed by atoms with Crippen molar-refractivity contribution in [2.45, 2.75) is 25.4 Å². The molecule has 0 saturated carbocycles. The lowest BCUT2D eigenvalue weighted by Crippen LogP contribution is -2.24. The summed E-state index contributed by atoms with van der Waals surface area (Å²) in [6.45, 7) is 0.211. The molecule has 1 N–H and O–H groups in total. The van der Waals surface area contributed by atoms with Gasteiger partial charge in [0.25, 0.3) is 0 Å². The molecule has 0 aromatic rings. The number of alkyl halides is 3. The van der Waals surface area contributed by atoms with Gasteiger partial charge in [0.2, 0.25) is 0 Å². The molecular formula is C7H12F3NO2. The molecule has 0 aliphatic heterocycles. The predicted octanol–water partition coefficient (Wildman–Crippen LogP) is 2.08. The van der Waals surface area contributed by atoms with Crippen LogP contribution in [0.1, 0.15) is 19.3 Å². The Morgan fingerprint density at radius 2 is 2.00 bits per heavy atom. The summed E-state index contributed by atoms with van der Waals surface area (Å²) in [5.74, 6) is 0.